The number of rotatable bonds is 4. The van der Waals surface area contributed by atoms with Crippen molar-refractivity contribution in [3.63, 3.8) is 0 Å². The van der Waals surface area contributed by atoms with E-state index in [0.29, 0.717) is 0 Å². The minimum absolute atomic E-state index is 0.889. The molecule has 0 aliphatic carbocycles. The standard InChI is InChI=1S/C48H29NO2/c1-4-10-43-37(7-1)38-8-2-5-11-44(38)49(43)36-22-17-31(18-23-36)30-13-15-32(16-14-30)33-19-24-47-41(27-33)42-29-35(21-26-48(42)51-47)34-20-25-46-40(28-34)39-9-3-6-12-45(39)50-46/h1-29H. The Morgan fingerprint density at radius 3 is 1.16 bits per heavy atom. The van der Waals surface area contributed by atoms with Crippen LogP contribution in [0.25, 0.3) is 105 Å². The second kappa shape index (κ2) is 10.8. The Bertz CT molecular complexity index is 3070. The molecule has 8 aromatic carbocycles. The summed E-state index contributed by atoms with van der Waals surface area (Å²) in [6.45, 7) is 0. The van der Waals surface area contributed by atoms with E-state index in [-0.39, 0.29) is 0 Å². The van der Waals surface area contributed by atoms with Crippen LogP contribution in [0.2, 0.25) is 0 Å². The van der Waals surface area contributed by atoms with Crippen molar-refractivity contribution < 1.29 is 8.83 Å². The van der Waals surface area contributed by atoms with Gasteiger partial charge in [0.25, 0.3) is 0 Å². The fourth-order valence-electron chi connectivity index (χ4n) is 7.90. The normalized spacial score (nSPS) is 11.9. The van der Waals surface area contributed by atoms with E-state index in [0.717, 1.165) is 66.3 Å². The van der Waals surface area contributed by atoms with Crippen molar-refractivity contribution in [2.45, 2.75) is 0 Å². The molecule has 0 bridgehead atoms. The zero-order valence-electron chi connectivity index (χ0n) is 27.5. The molecule has 0 radical (unpaired) electrons. The Kier molecular flexibility index (Phi) is 5.96. The highest BCUT2D eigenvalue weighted by atomic mass is 16.3. The van der Waals surface area contributed by atoms with Crippen LogP contribution in [0, 0.1) is 0 Å². The lowest BCUT2D eigenvalue weighted by atomic mass is 9.98. The van der Waals surface area contributed by atoms with Gasteiger partial charge >= 0.3 is 0 Å². The Morgan fingerprint density at radius 2 is 0.627 bits per heavy atom. The molecule has 11 rings (SSSR count). The zero-order valence-corrected chi connectivity index (χ0v) is 27.5. The summed E-state index contributed by atoms with van der Waals surface area (Å²) in [5, 5.41) is 7.04. The van der Waals surface area contributed by atoms with Crippen LogP contribution in [-0.2, 0) is 0 Å². The van der Waals surface area contributed by atoms with Crippen LogP contribution in [-0.4, -0.2) is 4.57 Å². The van der Waals surface area contributed by atoms with Crippen LogP contribution >= 0.6 is 0 Å². The summed E-state index contributed by atoms with van der Waals surface area (Å²) in [7, 11) is 0. The fourth-order valence-corrected chi connectivity index (χ4v) is 7.90. The van der Waals surface area contributed by atoms with Gasteiger partial charge in [-0.15, -0.1) is 0 Å². The van der Waals surface area contributed by atoms with Crippen LogP contribution in [0.4, 0.5) is 0 Å². The average molecular weight is 652 g/mol. The third-order valence-electron chi connectivity index (χ3n) is 10.4. The molecule has 3 heterocycles. The average Bonchev–Trinajstić information content (AvgIpc) is 3.87. The zero-order chi connectivity index (χ0) is 33.5. The molecule has 0 aliphatic rings. The molecular weight excluding hydrogens is 623 g/mol. The smallest absolute Gasteiger partial charge is 0.135 e. The fraction of sp³-hybridized carbons (Fsp3) is 0. The van der Waals surface area contributed by atoms with Crippen LogP contribution in [0.1, 0.15) is 0 Å². The van der Waals surface area contributed by atoms with Gasteiger partial charge in [-0.2, -0.15) is 0 Å². The maximum Gasteiger partial charge on any atom is 0.135 e. The third kappa shape index (κ3) is 4.38. The minimum atomic E-state index is 0.889. The van der Waals surface area contributed by atoms with Crippen molar-refractivity contribution in [1.82, 2.24) is 4.57 Å². The number of nitrogens with zero attached hydrogens (tertiary/aromatic N) is 1. The van der Waals surface area contributed by atoms with Crippen molar-refractivity contribution >= 4 is 65.7 Å². The third-order valence-corrected chi connectivity index (χ3v) is 10.4. The number of hydrogen-bond acceptors (Lipinski definition) is 2. The number of hydrogen-bond donors (Lipinski definition) is 0. The highest BCUT2D eigenvalue weighted by molar-refractivity contribution is 6.10. The largest absolute Gasteiger partial charge is 0.456 e. The molecule has 3 nitrogen and oxygen atoms in total. The second-order valence-electron chi connectivity index (χ2n) is 13.3. The summed E-state index contributed by atoms with van der Waals surface area (Å²) in [6.07, 6.45) is 0. The molecule has 0 N–H and O–H groups in total. The van der Waals surface area contributed by atoms with Gasteiger partial charge in [-0.3, -0.25) is 0 Å². The molecule has 0 atom stereocenters. The van der Waals surface area contributed by atoms with Gasteiger partial charge in [-0.25, -0.2) is 0 Å². The Balaban J connectivity index is 0.920. The molecule has 3 heteroatoms. The first-order valence-corrected chi connectivity index (χ1v) is 17.3. The number of aromatic nitrogens is 1. The molecule has 0 saturated heterocycles. The number of para-hydroxylation sites is 3. The van der Waals surface area contributed by atoms with E-state index in [9.17, 15) is 0 Å². The lowest BCUT2D eigenvalue weighted by Gasteiger charge is -2.10. The molecule has 51 heavy (non-hydrogen) atoms. The van der Waals surface area contributed by atoms with E-state index in [4.69, 9.17) is 8.83 Å². The van der Waals surface area contributed by atoms with Crippen molar-refractivity contribution in [2.24, 2.45) is 0 Å². The van der Waals surface area contributed by atoms with Gasteiger partial charge < -0.3 is 13.4 Å². The first kappa shape index (κ1) is 28.0. The van der Waals surface area contributed by atoms with Crippen molar-refractivity contribution in [2.75, 3.05) is 0 Å². The predicted octanol–water partition coefficient (Wildman–Crippen LogP) is 13.6. The molecule has 0 fully saturated rings. The minimum Gasteiger partial charge on any atom is -0.456 e. The number of furan rings is 2. The van der Waals surface area contributed by atoms with E-state index in [1.165, 1.54) is 38.5 Å². The van der Waals surface area contributed by atoms with Crippen LogP contribution in [0.15, 0.2) is 185 Å². The van der Waals surface area contributed by atoms with Gasteiger partial charge in [0.05, 0.1) is 11.0 Å². The maximum absolute atomic E-state index is 6.29. The molecule has 3 aromatic heterocycles. The summed E-state index contributed by atoms with van der Waals surface area (Å²) in [6, 6.07) is 62.7. The van der Waals surface area contributed by atoms with Crippen LogP contribution in [0.3, 0.4) is 0 Å². The molecule has 0 amide bonds. The van der Waals surface area contributed by atoms with Gasteiger partial charge in [0.2, 0.25) is 0 Å². The lowest BCUT2D eigenvalue weighted by Crippen LogP contribution is -1.93. The molecule has 0 aliphatic heterocycles. The predicted molar refractivity (Wildman–Crippen MR) is 212 cm³/mol. The Morgan fingerprint density at radius 1 is 0.275 bits per heavy atom. The van der Waals surface area contributed by atoms with Gasteiger partial charge in [-0.1, -0.05) is 109 Å². The first-order chi connectivity index (χ1) is 25.2. The van der Waals surface area contributed by atoms with Crippen molar-refractivity contribution in [3.05, 3.63) is 176 Å². The summed E-state index contributed by atoms with van der Waals surface area (Å²) in [5.74, 6) is 0. The molecule has 0 spiro atoms. The Labute approximate surface area is 293 Å². The van der Waals surface area contributed by atoms with E-state index in [1.807, 2.05) is 12.1 Å². The van der Waals surface area contributed by atoms with E-state index >= 15 is 0 Å². The molecule has 0 unspecified atom stereocenters. The summed E-state index contributed by atoms with van der Waals surface area (Å²) in [5.41, 5.74) is 14.2. The van der Waals surface area contributed by atoms with Crippen molar-refractivity contribution in [1.29, 1.82) is 0 Å². The quantitative estimate of drug-likeness (QED) is 0.190. The van der Waals surface area contributed by atoms with E-state index < -0.39 is 0 Å². The summed E-state index contributed by atoms with van der Waals surface area (Å²) >= 11 is 0. The van der Waals surface area contributed by atoms with E-state index in [2.05, 4.69) is 168 Å². The highest BCUT2D eigenvalue weighted by Gasteiger charge is 2.14. The SMILES string of the molecule is c1ccc2c(c1)oc1ccc(-c3ccc4oc5ccc(-c6ccc(-c7ccc(-n8c9ccccc9c9ccccc98)cc7)cc6)cc5c4c3)cc12. The van der Waals surface area contributed by atoms with Gasteiger partial charge in [0.1, 0.15) is 22.3 Å². The molecule has 11 aromatic rings. The summed E-state index contributed by atoms with van der Waals surface area (Å²) < 4.78 is 14.7. The second-order valence-corrected chi connectivity index (χ2v) is 13.3. The van der Waals surface area contributed by atoms with Crippen molar-refractivity contribution in [3.8, 4) is 39.1 Å². The molecule has 238 valence electrons. The van der Waals surface area contributed by atoms with Crippen LogP contribution in [0.5, 0.6) is 0 Å². The molecule has 0 saturated carbocycles. The molecular formula is C48H29NO2. The summed E-state index contributed by atoms with van der Waals surface area (Å²) in [4.78, 5) is 0. The first-order valence-electron chi connectivity index (χ1n) is 17.3. The van der Waals surface area contributed by atoms with Crippen LogP contribution < -0.4 is 0 Å². The van der Waals surface area contributed by atoms with E-state index in [1.54, 1.807) is 0 Å². The topological polar surface area (TPSA) is 31.2 Å². The Hall–Kier alpha value is -6.84. The highest BCUT2D eigenvalue weighted by Crippen LogP contribution is 2.38. The van der Waals surface area contributed by atoms with Gasteiger partial charge in [0.15, 0.2) is 0 Å². The maximum atomic E-state index is 6.29. The monoisotopic (exact) mass is 651 g/mol. The van der Waals surface area contributed by atoms with Gasteiger partial charge in [-0.05, 0) is 100 Å². The number of benzene rings is 8. The lowest BCUT2D eigenvalue weighted by molar-refractivity contribution is 0.668. The van der Waals surface area contributed by atoms with Gasteiger partial charge in [0, 0.05) is 38.0 Å². The number of fused-ring (bicyclic) bond motifs is 9.